The highest BCUT2D eigenvalue weighted by molar-refractivity contribution is 5.78. The van der Waals surface area contributed by atoms with Crippen LogP contribution in [0.2, 0.25) is 0 Å². The van der Waals surface area contributed by atoms with Gasteiger partial charge in [-0.25, -0.2) is 10.1 Å². The topological polar surface area (TPSA) is 123 Å². The van der Waals surface area contributed by atoms with Crippen molar-refractivity contribution >= 4 is 11.8 Å². The second-order valence-electron chi connectivity index (χ2n) is 7.28. The SMILES string of the molecule is CCCCCNCCCC(CCCCCCOOO)NC(=O)CCCC(N)=O. The van der Waals surface area contributed by atoms with Gasteiger partial charge >= 0.3 is 0 Å². The van der Waals surface area contributed by atoms with Crippen molar-refractivity contribution in [3.05, 3.63) is 0 Å². The fourth-order valence-corrected chi connectivity index (χ4v) is 3.05. The van der Waals surface area contributed by atoms with E-state index >= 15 is 0 Å². The third kappa shape index (κ3) is 19.5. The molecule has 28 heavy (non-hydrogen) atoms. The summed E-state index contributed by atoms with van der Waals surface area (Å²) >= 11 is 0. The molecule has 166 valence electrons. The number of carbonyl (C=O) groups is 2. The van der Waals surface area contributed by atoms with Crippen molar-refractivity contribution in [2.75, 3.05) is 19.7 Å². The molecule has 0 aromatic carbocycles. The Balaban J connectivity index is 4.04. The van der Waals surface area contributed by atoms with Crippen LogP contribution in [0.3, 0.4) is 0 Å². The molecule has 8 nitrogen and oxygen atoms in total. The zero-order valence-corrected chi connectivity index (χ0v) is 17.5. The van der Waals surface area contributed by atoms with Gasteiger partial charge in [0.1, 0.15) is 0 Å². The van der Waals surface area contributed by atoms with Crippen LogP contribution in [0.4, 0.5) is 0 Å². The van der Waals surface area contributed by atoms with Gasteiger partial charge in [-0.2, -0.15) is 0 Å². The van der Waals surface area contributed by atoms with E-state index in [2.05, 4.69) is 27.5 Å². The van der Waals surface area contributed by atoms with E-state index in [0.717, 1.165) is 58.0 Å². The highest BCUT2D eigenvalue weighted by atomic mass is 17.5. The van der Waals surface area contributed by atoms with Crippen LogP contribution in [-0.4, -0.2) is 42.8 Å². The van der Waals surface area contributed by atoms with E-state index < -0.39 is 0 Å². The monoisotopic (exact) mass is 403 g/mol. The third-order valence-electron chi connectivity index (χ3n) is 4.64. The second-order valence-corrected chi connectivity index (χ2v) is 7.28. The number of unbranched alkanes of at least 4 members (excludes halogenated alkanes) is 5. The van der Waals surface area contributed by atoms with E-state index in [-0.39, 0.29) is 24.3 Å². The molecule has 0 spiro atoms. The number of nitrogens with two attached hydrogens (primary N) is 1. The Kier molecular flexibility index (Phi) is 19.6. The minimum absolute atomic E-state index is 0.00403. The molecule has 0 aliphatic heterocycles. The quantitative estimate of drug-likeness (QED) is 0.133. The molecule has 0 aromatic heterocycles. The summed E-state index contributed by atoms with van der Waals surface area (Å²) in [6.07, 6.45) is 11.6. The second kappa shape index (κ2) is 20.5. The molecule has 1 atom stereocenters. The molecule has 8 heteroatoms. The van der Waals surface area contributed by atoms with Crippen LogP contribution in [0.1, 0.15) is 90.4 Å². The molecular formula is C20H41N3O5. The first kappa shape index (κ1) is 26.8. The van der Waals surface area contributed by atoms with Crippen LogP contribution in [0, 0.1) is 0 Å². The predicted molar refractivity (Wildman–Crippen MR) is 109 cm³/mol. The summed E-state index contributed by atoms with van der Waals surface area (Å²) in [5.74, 6) is -0.371. The smallest absolute Gasteiger partial charge is 0.220 e. The Labute approximate surface area is 169 Å². The summed E-state index contributed by atoms with van der Waals surface area (Å²) in [4.78, 5) is 27.3. The maximum atomic E-state index is 12.1. The van der Waals surface area contributed by atoms with E-state index in [1.165, 1.54) is 19.3 Å². The summed E-state index contributed by atoms with van der Waals surface area (Å²) in [6.45, 7) is 4.60. The lowest BCUT2D eigenvalue weighted by Crippen LogP contribution is -2.35. The molecule has 0 aliphatic rings. The largest absolute Gasteiger partial charge is 0.370 e. The summed E-state index contributed by atoms with van der Waals surface area (Å²) in [7, 11) is 0. The number of carbonyl (C=O) groups excluding carboxylic acids is 2. The Morgan fingerprint density at radius 2 is 1.64 bits per heavy atom. The van der Waals surface area contributed by atoms with Gasteiger partial charge in [0.05, 0.1) is 6.61 Å². The Hall–Kier alpha value is -1.22. The predicted octanol–water partition coefficient (Wildman–Crippen LogP) is 3.06. The van der Waals surface area contributed by atoms with Crippen molar-refractivity contribution in [2.45, 2.75) is 96.4 Å². The van der Waals surface area contributed by atoms with Gasteiger partial charge in [0.25, 0.3) is 0 Å². The van der Waals surface area contributed by atoms with E-state index in [1.54, 1.807) is 0 Å². The Morgan fingerprint density at radius 3 is 2.36 bits per heavy atom. The van der Waals surface area contributed by atoms with Gasteiger partial charge in [-0.3, -0.25) is 9.59 Å². The van der Waals surface area contributed by atoms with Crippen LogP contribution in [-0.2, 0) is 19.5 Å². The van der Waals surface area contributed by atoms with Crippen molar-refractivity contribution in [3.8, 4) is 0 Å². The average molecular weight is 404 g/mol. The number of rotatable bonds is 21. The van der Waals surface area contributed by atoms with Gasteiger partial charge in [-0.1, -0.05) is 44.1 Å². The molecule has 5 N–H and O–H groups in total. The fraction of sp³-hybridized carbons (Fsp3) is 0.900. The van der Waals surface area contributed by atoms with E-state index in [9.17, 15) is 9.59 Å². The number of hydrogen-bond donors (Lipinski definition) is 4. The van der Waals surface area contributed by atoms with Crippen molar-refractivity contribution in [2.24, 2.45) is 5.73 Å². The Bertz CT molecular complexity index is 365. The fourth-order valence-electron chi connectivity index (χ4n) is 3.05. The lowest BCUT2D eigenvalue weighted by Gasteiger charge is -2.19. The minimum Gasteiger partial charge on any atom is -0.370 e. The van der Waals surface area contributed by atoms with Crippen LogP contribution in [0.25, 0.3) is 0 Å². The van der Waals surface area contributed by atoms with Gasteiger partial charge in [-0.15, -0.1) is 0 Å². The number of nitrogens with one attached hydrogen (secondary N) is 2. The molecule has 0 aromatic rings. The number of amides is 2. The van der Waals surface area contributed by atoms with Gasteiger partial charge in [0.2, 0.25) is 11.8 Å². The molecular weight excluding hydrogens is 362 g/mol. The Morgan fingerprint density at radius 1 is 0.929 bits per heavy atom. The minimum atomic E-state index is -0.367. The van der Waals surface area contributed by atoms with Gasteiger partial charge in [0.15, 0.2) is 0 Å². The van der Waals surface area contributed by atoms with Crippen LogP contribution >= 0.6 is 0 Å². The van der Waals surface area contributed by atoms with Crippen molar-refractivity contribution < 1.29 is 24.8 Å². The standard InChI is InChI=1S/C20H41N3O5/c1-2-3-7-15-22-16-10-12-18(11-6-4-5-8-17-27-28-26)23-20(25)14-9-13-19(21)24/h18,22,26H,2-17H2,1H3,(H2,21,24)(H,23,25). The van der Waals surface area contributed by atoms with Crippen molar-refractivity contribution in [1.82, 2.24) is 10.6 Å². The summed E-state index contributed by atoms with van der Waals surface area (Å²) in [5.41, 5.74) is 5.12. The normalized spacial score (nSPS) is 12.1. The molecule has 0 saturated carbocycles. The van der Waals surface area contributed by atoms with Crippen LogP contribution in [0.5, 0.6) is 0 Å². The lowest BCUT2D eigenvalue weighted by molar-refractivity contribution is -0.490. The summed E-state index contributed by atoms with van der Waals surface area (Å²) in [5, 5.41) is 18.2. The van der Waals surface area contributed by atoms with E-state index in [4.69, 9.17) is 11.0 Å². The molecule has 0 saturated heterocycles. The first-order valence-electron chi connectivity index (χ1n) is 10.8. The molecule has 1 unspecified atom stereocenters. The van der Waals surface area contributed by atoms with Crippen molar-refractivity contribution in [1.29, 1.82) is 0 Å². The number of primary amides is 1. The van der Waals surface area contributed by atoms with Gasteiger partial charge < -0.3 is 16.4 Å². The average Bonchev–Trinajstić information content (AvgIpc) is 2.66. The van der Waals surface area contributed by atoms with Gasteiger partial charge in [-0.05, 0) is 51.6 Å². The third-order valence-corrected chi connectivity index (χ3v) is 4.64. The summed E-state index contributed by atoms with van der Waals surface area (Å²) < 4.78 is 0. The van der Waals surface area contributed by atoms with E-state index in [0.29, 0.717) is 19.4 Å². The zero-order chi connectivity index (χ0) is 20.9. The molecule has 0 bridgehead atoms. The highest BCUT2D eigenvalue weighted by Gasteiger charge is 2.12. The maximum Gasteiger partial charge on any atom is 0.220 e. The first-order chi connectivity index (χ1) is 13.6. The van der Waals surface area contributed by atoms with E-state index in [1.807, 2.05) is 0 Å². The van der Waals surface area contributed by atoms with Crippen LogP contribution < -0.4 is 16.4 Å². The molecule has 0 rings (SSSR count). The molecule has 0 radical (unpaired) electrons. The molecule has 0 aliphatic carbocycles. The van der Waals surface area contributed by atoms with Crippen LogP contribution in [0.15, 0.2) is 0 Å². The molecule has 0 heterocycles. The molecule has 0 fully saturated rings. The van der Waals surface area contributed by atoms with Crippen molar-refractivity contribution in [3.63, 3.8) is 0 Å². The highest BCUT2D eigenvalue weighted by Crippen LogP contribution is 2.11. The molecule has 2 amide bonds. The number of hydrogen-bond acceptors (Lipinski definition) is 6. The van der Waals surface area contributed by atoms with Gasteiger partial charge in [0, 0.05) is 18.9 Å². The maximum absolute atomic E-state index is 12.1. The summed E-state index contributed by atoms with van der Waals surface area (Å²) in [6, 6.07) is 0.163. The lowest BCUT2D eigenvalue weighted by atomic mass is 10.0. The first-order valence-corrected chi connectivity index (χ1v) is 10.8. The zero-order valence-electron chi connectivity index (χ0n) is 17.5.